The van der Waals surface area contributed by atoms with E-state index < -0.39 is 0 Å². The van der Waals surface area contributed by atoms with Gasteiger partial charge < -0.3 is 4.90 Å². The molecule has 3 aliphatic heterocycles. The van der Waals surface area contributed by atoms with E-state index in [2.05, 4.69) is 21.6 Å². The van der Waals surface area contributed by atoms with Gasteiger partial charge in [0.2, 0.25) is 5.91 Å². The highest BCUT2D eigenvalue weighted by Crippen LogP contribution is 2.29. The van der Waals surface area contributed by atoms with Gasteiger partial charge in [-0.15, -0.1) is 0 Å². The van der Waals surface area contributed by atoms with E-state index in [9.17, 15) is 9.18 Å². The molecule has 4 rings (SSSR count). The lowest BCUT2D eigenvalue weighted by Crippen LogP contribution is -2.47. The molecule has 148 valence electrons. The van der Waals surface area contributed by atoms with E-state index in [4.69, 9.17) is 0 Å². The van der Waals surface area contributed by atoms with Gasteiger partial charge in [0.05, 0.1) is 0 Å². The van der Waals surface area contributed by atoms with Crippen LogP contribution in [0.15, 0.2) is 24.3 Å². The number of carbonyl (C=O) groups is 1. The molecule has 1 atom stereocenters. The van der Waals surface area contributed by atoms with Gasteiger partial charge in [-0.25, -0.2) is 4.39 Å². The largest absolute Gasteiger partial charge is 0.342 e. The van der Waals surface area contributed by atoms with Crippen LogP contribution in [-0.4, -0.2) is 59.4 Å². The summed E-state index contributed by atoms with van der Waals surface area (Å²) < 4.78 is 13.0. The molecule has 0 N–H and O–H groups in total. The molecule has 1 aromatic carbocycles. The topological polar surface area (TPSA) is 23.6 Å². The third-order valence-corrected chi connectivity index (χ3v) is 7.81. The molecule has 0 saturated carbocycles. The second kappa shape index (κ2) is 8.95. The maximum absolute atomic E-state index is 13.0. The molecule has 3 aliphatic rings. The van der Waals surface area contributed by atoms with Gasteiger partial charge in [0, 0.05) is 30.8 Å². The second-order valence-corrected chi connectivity index (χ2v) is 9.58. The lowest BCUT2D eigenvalue weighted by Gasteiger charge is -2.39. The summed E-state index contributed by atoms with van der Waals surface area (Å²) in [5.41, 5.74) is 1.21. The average Bonchev–Trinajstić information content (AvgIpc) is 3.25. The number of carbonyl (C=O) groups excluding carboxylic acids is 1. The summed E-state index contributed by atoms with van der Waals surface area (Å²) in [7, 11) is 0. The van der Waals surface area contributed by atoms with Gasteiger partial charge in [-0.1, -0.05) is 12.1 Å². The molecule has 27 heavy (non-hydrogen) atoms. The maximum atomic E-state index is 13.0. The smallest absolute Gasteiger partial charge is 0.225 e. The Morgan fingerprint density at radius 3 is 2.33 bits per heavy atom. The number of nitrogens with zero attached hydrogens (tertiary/aromatic N) is 2. The molecule has 1 aromatic rings. The van der Waals surface area contributed by atoms with Crippen LogP contribution in [-0.2, 0) is 11.2 Å². The zero-order valence-corrected chi connectivity index (χ0v) is 16.9. The van der Waals surface area contributed by atoms with E-state index in [-0.39, 0.29) is 11.7 Å². The number of halogens is 1. The predicted octanol–water partition coefficient (Wildman–Crippen LogP) is 3.82. The SMILES string of the molecule is O=C(C1CCN([C@H]2CCSC2)CC1)N1CCC(Cc2ccc(F)cc2)CC1. The van der Waals surface area contributed by atoms with E-state index in [1.54, 1.807) is 12.1 Å². The molecular formula is C22H31FN2OS. The van der Waals surface area contributed by atoms with E-state index >= 15 is 0 Å². The van der Waals surface area contributed by atoms with Crippen LogP contribution in [0.3, 0.4) is 0 Å². The third kappa shape index (κ3) is 4.86. The highest BCUT2D eigenvalue weighted by molar-refractivity contribution is 7.99. The molecule has 3 saturated heterocycles. The van der Waals surface area contributed by atoms with E-state index in [1.807, 2.05) is 12.1 Å². The third-order valence-electron chi connectivity index (χ3n) is 6.66. The summed E-state index contributed by atoms with van der Waals surface area (Å²) in [6.07, 6.45) is 6.54. The van der Waals surface area contributed by atoms with Crippen molar-refractivity contribution in [1.82, 2.24) is 9.80 Å². The Labute approximate surface area is 166 Å². The van der Waals surface area contributed by atoms with Crippen molar-refractivity contribution >= 4 is 17.7 Å². The molecule has 3 fully saturated rings. The number of benzene rings is 1. The summed E-state index contributed by atoms with van der Waals surface area (Å²) in [5, 5.41) is 0. The summed E-state index contributed by atoms with van der Waals surface area (Å²) in [6, 6.07) is 7.63. The van der Waals surface area contributed by atoms with E-state index in [0.717, 1.165) is 64.3 Å². The monoisotopic (exact) mass is 390 g/mol. The van der Waals surface area contributed by atoms with Crippen molar-refractivity contribution in [3.63, 3.8) is 0 Å². The normalized spacial score (nSPS) is 25.8. The maximum Gasteiger partial charge on any atom is 0.225 e. The van der Waals surface area contributed by atoms with Crippen LogP contribution in [0.2, 0.25) is 0 Å². The zero-order valence-electron chi connectivity index (χ0n) is 16.1. The van der Waals surface area contributed by atoms with Crippen LogP contribution in [0.4, 0.5) is 4.39 Å². The van der Waals surface area contributed by atoms with Gasteiger partial charge in [-0.3, -0.25) is 9.69 Å². The fourth-order valence-electron chi connectivity index (χ4n) is 4.89. The second-order valence-electron chi connectivity index (χ2n) is 8.43. The number of piperidine rings is 2. The van der Waals surface area contributed by atoms with Crippen LogP contribution in [0, 0.1) is 17.7 Å². The van der Waals surface area contributed by atoms with Gasteiger partial charge >= 0.3 is 0 Å². The fraction of sp³-hybridized carbons (Fsp3) is 0.682. The Morgan fingerprint density at radius 1 is 1.00 bits per heavy atom. The van der Waals surface area contributed by atoms with Crippen LogP contribution in [0.25, 0.3) is 0 Å². The van der Waals surface area contributed by atoms with E-state index in [1.165, 1.54) is 23.5 Å². The molecule has 1 amide bonds. The molecule has 0 unspecified atom stereocenters. The molecule has 0 bridgehead atoms. The van der Waals surface area contributed by atoms with Crippen LogP contribution >= 0.6 is 11.8 Å². The van der Waals surface area contributed by atoms with Gasteiger partial charge in [-0.2, -0.15) is 11.8 Å². The van der Waals surface area contributed by atoms with Gasteiger partial charge in [0.25, 0.3) is 0 Å². The first-order valence-electron chi connectivity index (χ1n) is 10.5. The van der Waals surface area contributed by atoms with Crippen molar-refractivity contribution in [2.45, 2.75) is 44.6 Å². The van der Waals surface area contributed by atoms with Gasteiger partial charge in [-0.05, 0) is 81.0 Å². The average molecular weight is 391 g/mol. The molecule has 3 nitrogen and oxygen atoms in total. The first-order chi connectivity index (χ1) is 13.2. The zero-order chi connectivity index (χ0) is 18.6. The van der Waals surface area contributed by atoms with Crippen molar-refractivity contribution in [3.05, 3.63) is 35.6 Å². The Balaban J connectivity index is 1.21. The Morgan fingerprint density at radius 2 is 1.70 bits per heavy atom. The van der Waals surface area contributed by atoms with Crippen LogP contribution < -0.4 is 0 Å². The number of hydrogen-bond acceptors (Lipinski definition) is 3. The standard InChI is InChI=1S/C22H31FN2OS/c23-20-3-1-17(2-4-20)15-18-5-10-25(11-6-18)22(26)19-7-12-24(13-8-19)21-9-14-27-16-21/h1-4,18-19,21H,5-16H2/t21-/m0/s1. The Kier molecular flexibility index (Phi) is 6.39. The van der Waals surface area contributed by atoms with Crippen LogP contribution in [0.1, 0.15) is 37.7 Å². The number of likely N-dealkylation sites (tertiary alicyclic amines) is 2. The first-order valence-corrected chi connectivity index (χ1v) is 11.7. The molecule has 0 aliphatic carbocycles. The Bertz CT molecular complexity index is 616. The lowest BCUT2D eigenvalue weighted by molar-refractivity contribution is -0.138. The molecular weight excluding hydrogens is 359 g/mol. The Hall–Kier alpha value is -1.07. The molecule has 0 spiro atoms. The number of amides is 1. The summed E-state index contributed by atoms with van der Waals surface area (Å²) in [6.45, 7) is 3.99. The number of hydrogen-bond donors (Lipinski definition) is 0. The molecule has 3 heterocycles. The highest BCUT2D eigenvalue weighted by Gasteiger charge is 2.33. The minimum absolute atomic E-state index is 0.170. The molecule has 0 aromatic heterocycles. The summed E-state index contributed by atoms with van der Waals surface area (Å²) >= 11 is 2.07. The van der Waals surface area contributed by atoms with Crippen molar-refractivity contribution < 1.29 is 9.18 Å². The van der Waals surface area contributed by atoms with Crippen molar-refractivity contribution in [3.8, 4) is 0 Å². The lowest BCUT2D eigenvalue weighted by atomic mass is 9.88. The predicted molar refractivity (Wildman–Crippen MR) is 109 cm³/mol. The van der Waals surface area contributed by atoms with Crippen molar-refractivity contribution in [2.75, 3.05) is 37.7 Å². The quantitative estimate of drug-likeness (QED) is 0.781. The van der Waals surface area contributed by atoms with E-state index in [0.29, 0.717) is 11.8 Å². The minimum Gasteiger partial charge on any atom is -0.342 e. The summed E-state index contributed by atoms with van der Waals surface area (Å²) in [4.78, 5) is 17.7. The first kappa shape index (κ1) is 19.3. The van der Waals surface area contributed by atoms with Gasteiger partial charge in [0.15, 0.2) is 0 Å². The van der Waals surface area contributed by atoms with Crippen molar-refractivity contribution in [2.24, 2.45) is 11.8 Å². The highest BCUT2D eigenvalue weighted by atomic mass is 32.2. The fourth-order valence-corrected chi connectivity index (χ4v) is 6.15. The number of thioether (sulfide) groups is 1. The molecule has 0 radical (unpaired) electrons. The number of rotatable bonds is 4. The van der Waals surface area contributed by atoms with Gasteiger partial charge in [0.1, 0.15) is 5.82 Å². The van der Waals surface area contributed by atoms with Crippen molar-refractivity contribution in [1.29, 1.82) is 0 Å². The minimum atomic E-state index is -0.170. The van der Waals surface area contributed by atoms with Crippen LogP contribution in [0.5, 0.6) is 0 Å². The summed E-state index contributed by atoms with van der Waals surface area (Å²) in [5.74, 6) is 3.66. The molecule has 5 heteroatoms.